The Labute approximate surface area is 103 Å². The number of hydrogen-bond acceptors (Lipinski definition) is 4. The molecule has 96 valence electrons. The van der Waals surface area contributed by atoms with Crippen molar-refractivity contribution in [2.45, 2.75) is 32.7 Å². The number of aromatic nitrogens is 1. The minimum absolute atomic E-state index is 0.192. The Morgan fingerprint density at radius 1 is 1.35 bits per heavy atom. The van der Waals surface area contributed by atoms with Crippen molar-refractivity contribution in [3.8, 4) is 5.75 Å². The van der Waals surface area contributed by atoms with Crippen LogP contribution in [-0.4, -0.2) is 28.3 Å². The van der Waals surface area contributed by atoms with Crippen LogP contribution in [0, 0.1) is 5.92 Å². The summed E-state index contributed by atoms with van der Waals surface area (Å²) in [5, 5.41) is 21.4. The molecule has 1 rings (SSSR count). The molecule has 1 heterocycles. The lowest BCUT2D eigenvalue weighted by Crippen LogP contribution is -2.23. The second kappa shape index (κ2) is 8.03. The van der Waals surface area contributed by atoms with Gasteiger partial charge < -0.3 is 15.5 Å². The normalized spacial score (nSPS) is 12.6. The van der Waals surface area contributed by atoms with Gasteiger partial charge in [0.25, 0.3) is 0 Å². The summed E-state index contributed by atoms with van der Waals surface area (Å²) in [5.74, 6) is 0.722. The van der Waals surface area contributed by atoms with Gasteiger partial charge in [0.1, 0.15) is 5.75 Å². The van der Waals surface area contributed by atoms with E-state index in [1.54, 1.807) is 6.07 Å². The predicted molar refractivity (Wildman–Crippen MR) is 67.7 cm³/mol. The van der Waals surface area contributed by atoms with Gasteiger partial charge in [0.2, 0.25) is 0 Å². The van der Waals surface area contributed by atoms with Gasteiger partial charge in [0.15, 0.2) is 0 Å². The lowest BCUT2D eigenvalue weighted by Gasteiger charge is -2.15. The van der Waals surface area contributed by atoms with E-state index in [0.717, 1.165) is 31.5 Å². The van der Waals surface area contributed by atoms with Crippen LogP contribution in [0.25, 0.3) is 0 Å². The molecule has 1 unspecified atom stereocenters. The molecule has 4 nitrogen and oxygen atoms in total. The van der Waals surface area contributed by atoms with Gasteiger partial charge in [-0.15, -0.1) is 0 Å². The third-order valence-corrected chi connectivity index (χ3v) is 2.78. The Morgan fingerprint density at radius 3 is 2.76 bits per heavy atom. The van der Waals surface area contributed by atoms with Crippen molar-refractivity contribution >= 4 is 0 Å². The highest BCUT2D eigenvalue weighted by Crippen LogP contribution is 2.10. The fourth-order valence-electron chi connectivity index (χ4n) is 1.86. The highest BCUT2D eigenvalue weighted by molar-refractivity contribution is 5.17. The molecule has 0 saturated carbocycles. The highest BCUT2D eigenvalue weighted by Gasteiger charge is 2.06. The summed E-state index contributed by atoms with van der Waals surface area (Å²) < 4.78 is 0. The number of aliphatic hydroxyl groups is 1. The summed E-state index contributed by atoms with van der Waals surface area (Å²) in [4.78, 5) is 4.11. The SMILES string of the molecule is CCCC(CCO)CNCc1ccc(O)cn1. The Hall–Kier alpha value is -1.13. The first-order valence-electron chi connectivity index (χ1n) is 6.21. The molecule has 1 aromatic heterocycles. The maximum atomic E-state index is 9.10. The molecular weight excluding hydrogens is 216 g/mol. The summed E-state index contributed by atoms with van der Waals surface area (Å²) in [6, 6.07) is 3.45. The van der Waals surface area contributed by atoms with E-state index in [2.05, 4.69) is 17.2 Å². The highest BCUT2D eigenvalue weighted by atomic mass is 16.3. The molecule has 0 bridgehead atoms. The monoisotopic (exact) mass is 238 g/mol. The minimum Gasteiger partial charge on any atom is -0.506 e. The van der Waals surface area contributed by atoms with Crippen molar-refractivity contribution in [1.29, 1.82) is 0 Å². The molecular formula is C13H22N2O2. The molecule has 0 aliphatic heterocycles. The van der Waals surface area contributed by atoms with Gasteiger partial charge in [0, 0.05) is 13.2 Å². The van der Waals surface area contributed by atoms with Crippen LogP contribution < -0.4 is 5.32 Å². The van der Waals surface area contributed by atoms with Crippen LogP contribution in [0.3, 0.4) is 0 Å². The van der Waals surface area contributed by atoms with Crippen molar-refractivity contribution in [3.63, 3.8) is 0 Å². The van der Waals surface area contributed by atoms with Gasteiger partial charge in [-0.25, -0.2) is 0 Å². The molecule has 0 spiro atoms. The van der Waals surface area contributed by atoms with Crippen LogP contribution in [0.2, 0.25) is 0 Å². The molecule has 0 aromatic carbocycles. The first-order chi connectivity index (χ1) is 8.26. The number of rotatable bonds is 8. The molecule has 4 heteroatoms. The summed E-state index contributed by atoms with van der Waals surface area (Å²) in [7, 11) is 0. The predicted octanol–water partition coefficient (Wildman–Crippen LogP) is 1.68. The van der Waals surface area contributed by atoms with Gasteiger partial charge in [-0.3, -0.25) is 4.98 Å². The van der Waals surface area contributed by atoms with Gasteiger partial charge in [0.05, 0.1) is 11.9 Å². The molecule has 0 aliphatic carbocycles. The van der Waals surface area contributed by atoms with Gasteiger partial charge in [-0.05, 0) is 37.4 Å². The third-order valence-electron chi connectivity index (χ3n) is 2.78. The van der Waals surface area contributed by atoms with Crippen LogP contribution in [0.4, 0.5) is 0 Å². The first-order valence-corrected chi connectivity index (χ1v) is 6.21. The fourth-order valence-corrected chi connectivity index (χ4v) is 1.86. The van der Waals surface area contributed by atoms with Crippen LogP contribution >= 0.6 is 0 Å². The molecule has 0 amide bonds. The van der Waals surface area contributed by atoms with Crippen molar-refractivity contribution in [1.82, 2.24) is 10.3 Å². The van der Waals surface area contributed by atoms with E-state index in [1.807, 2.05) is 6.07 Å². The standard InChI is InChI=1S/C13H22N2O2/c1-2-3-11(6-7-16)8-14-9-12-4-5-13(17)10-15-12/h4-5,10-11,14,16-17H,2-3,6-9H2,1H3. The fraction of sp³-hybridized carbons (Fsp3) is 0.615. The molecule has 1 atom stereocenters. The van der Waals surface area contributed by atoms with Crippen molar-refractivity contribution in [2.75, 3.05) is 13.2 Å². The average Bonchev–Trinajstić information content (AvgIpc) is 2.32. The van der Waals surface area contributed by atoms with Crippen molar-refractivity contribution in [3.05, 3.63) is 24.0 Å². The van der Waals surface area contributed by atoms with Gasteiger partial charge in [-0.2, -0.15) is 0 Å². The van der Waals surface area contributed by atoms with Gasteiger partial charge >= 0.3 is 0 Å². The molecule has 0 radical (unpaired) electrons. The van der Waals surface area contributed by atoms with E-state index in [4.69, 9.17) is 10.2 Å². The quantitative estimate of drug-likeness (QED) is 0.644. The van der Waals surface area contributed by atoms with Crippen molar-refractivity contribution < 1.29 is 10.2 Å². The number of aromatic hydroxyl groups is 1. The molecule has 17 heavy (non-hydrogen) atoms. The Balaban J connectivity index is 2.27. The first kappa shape index (κ1) is 13.9. The zero-order chi connectivity index (χ0) is 12.5. The van der Waals surface area contributed by atoms with E-state index in [9.17, 15) is 0 Å². The maximum Gasteiger partial charge on any atom is 0.133 e. The van der Waals surface area contributed by atoms with E-state index in [1.165, 1.54) is 6.20 Å². The second-order valence-corrected chi connectivity index (χ2v) is 4.31. The summed E-state index contributed by atoms with van der Waals surface area (Å²) >= 11 is 0. The summed E-state index contributed by atoms with van der Waals surface area (Å²) in [5.41, 5.74) is 0.919. The van der Waals surface area contributed by atoms with E-state index < -0.39 is 0 Å². The van der Waals surface area contributed by atoms with E-state index in [0.29, 0.717) is 12.5 Å². The Bertz CT molecular complexity index is 295. The molecule has 0 saturated heterocycles. The Morgan fingerprint density at radius 2 is 2.18 bits per heavy atom. The van der Waals surface area contributed by atoms with E-state index >= 15 is 0 Å². The lowest BCUT2D eigenvalue weighted by atomic mass is 10.0. The van der Waals surface area contributed by atoms with Crippen LogP contribution in [0.15, 0.2) is 18.3 Å². The van der Waals surface area contributed by atoms with Crippen molar-refractivity contribution in [2.24, 2.45) is 5.92 Å². The number of nitrogens with zero attached hydrogens (tertiary/aromatic N) is 1. The molecule has 3 N–H and O–H groups in total. The largest absolute Gasteiger partial charge is 0.506 e. The minimum atomic E-state index is 0.192. The summed E-state index contributed by atoms with van der Waals surface area (Å²) in [6.07, 6.45) is 4.58. The van der Waals surface area contributed by atoms with E-state index in [-0.39, 0.29) is 12.4 Å². The molecule has 0 fully saturated rings. The Kier molecular flexibility index (Phi) is 6.58. The second-order valence-electron chi connectivity index (χ2n) is 4.31. The van der Waals surface area contributed by atoms with Gasteiger partial charge in [-0.1, -0.05) is 13.3 Å². The third kappa shape index (κ3) is 5.65. The number of nitrogens with one attached hydrogen (secondary N) is 1. The molecule has 0 aliphatic rings. The summed E-state index contributed by atoms with van der Waals surface area (Å²) in [6.45, 7) is 4.01. The lowest BCUT2D eigenvalue weighted by molar-refractivity contribution is 0.248. The topological polar surface area (TPSA) is 65.4 Å². The molecule has 1 aromatic rings. The number of pyridine rings is 1. The number of aliphatic hydroxyl groups excluding tert-OH is 1. The van der Waals surface area contributed by atoms with Crippen LogP contribution in [-0.2, 0) is 6.54 Å². The number of hydrogen-bond donors (Lipinski definition) is 3. The zero-order valence-electron chi connectivity index (χ0n) is 10.4. The van der Waals surface area contributed by atoms with Crippen LogP contribution in [0.1, 0.15) is 31.9 Å². The average molecular weight is 238 g/mol. The van der Waals surface area contributed by atoms with Crippen LogP contribution in [0.5, 0.6) is 5.75 Å². The zero-order valence-corrected chi connectivity index (χ0v) is 10.4. The maximum absolute atomic E-state index is 9.10. The smallest absolute Gasteiger partial charge is 0.133 e.